The van der Waals surface area contributed by atoms with E-state index in [1.807, 2.05) is 10.8 Å². The maximum atomic E-state index is 12.4. The van der Waals surface area contributed by atoms with Gasteiger partial charge in [0.2, 0.25) is 5.95 Å². The SMILES string of the molecule is C=C(CCn1ccc2nc(N)nc(N)c21)c1ccc(C(=O)N[C@@H](CCC(=O)O)C(=O)O)cc1. The van der Waals surface area contributed by atoms with Gasteiger partial charge in [0.1, 0.15) is 11.6 Å². The van der Waals surface area contributed by atoms with Crippen molar-refractivity contribution in [3.8, 4) is 0 Å². The summed E-state index contributed by atoms with van der Waals surface area (Å²) in [5, 5.41) is 20.3. The number of fused-ring (bicyclic) bond motifs is 1. The molecule has 1 atom stereocenters. The van der Waals surface area contributed by atoms with Crippen LogP contribution in [0.4, 0.5) is 11.8 Å². The summed E-state index contributed by atoms with van der Waals surface area (Å²) in [6.45, 7) is 4.67. The van der Waals surface area contributed by atoms with Crippen molar-refractivity contribution in [2.45, 2.75) is 31.8 Å². The molecule has 2 aromatic heterocycles. The number of aryl methyl sites for hydroxylation is 1. The average Bonchev–Trinajstić information content (AvgIpc) is 3.17. The molecule has 0 bridgehead atoms. The van der Waals surface area contributed by atoms with Crippen LogP contribution in [0.5, 0.6) is 0 Å². The van der Waals surface area contributed by atoms with Crippen molar-refractivity contribution in [3.05, 3.63) is 54.2 Å². The molecule has 0 aliphatic rings. The van der Waals surface area contributed by atoms with Crippen molar-refractivity contribution in [2.24, 2.45) is 0 Å². The van der Waals surface area contributed by atoms with E-state index < -0.39 is 23.9 Å². The number of allylic oxidation sites excluding steroid dienone is 1. The molecule has 7 N–H and O–H groups in total. The minimum absolute atomic E-state index is 0.114. The lowest BCUT2D eigenvalue weighted by molar-refractivity contribution is -0.140. The van der Waals surface area contributed by atoms with E-state index >= 15 is 0 Å². The number of hydrogen-bond acceptors (Lipinski definition) is 7. The third-order valence-electron chi connectivity index (χ3n) is 5.11. The maximum absolute atomic E-state index is 12.4. The highest BCUT2D eigenvalue weighted by molar-refractivity contribution is 5.97. The van der Waals surface area contributed by atoms with E-state index in [9.17, 15) is 19.5 Å². The van der Waals surface area contributed by atoms with Gasteiger partial charge in [-0.05, 0) is 42.2 Å². The number of carboxylic acid groups (broad SMARTS) is 2. The van der Waals surface area contributed by atoms with Gasteiger partial charge in [-0.25, -0.2) is 9.78 Å². The summed E-state index contributed by atoms with van der Waals surface area (Å²) >= 11 is 0. The molecule has 0 fully saturated rings. The number of benzene rings is 1. The highest BCUT2D eigenvalue weighted by Crippen LogP contribution is 2.23. The highest BCUT2D eigenvalue weighted by atomic mass is 16.4. The number of carbonyl (C=O) groups is 3. The van der Waals surface area contributed by atoms with Gasteiger partial charge in [-0.3, -0.25) is 9.59 Å². The fourth-order valence-corrected chi connectivity index (χ4v) is 3.36. The second-order valence-electron chi connectivity index (χ2n) is 7.44. The summed E-state index contributed by atoms with van der Waals surface area (Å²) in [7, 11) is 0. The molecule has 11 nitrogen and oxygen atoms in total. The number of nitrogens with one attached hydrogen (secondary N) is 1. The quantitative estimate of drug-likeness (QED) is 0.305. The van der Waals surface area contributed by atoms with Crippen LogP contribution in [0.15, 0.2) is 43.1 Å². The topological polar surface area (TPSA) is 186 Å². The number of carbonyl (C=O) groups excluding carboxylic acids is 1. The molecular formula is C22H24N6O5. The van der Waals surface area contributed by atoms with Crippen LogP contribution in [0, 0.1) is 0 Å². The van der Waals surface area contributed by atoms with Crippen LogP contribution in [0.25, 0.3) is 16.6 Å². The van der Waals surface area contributed by atoms with Crippen LogP contribution in [-0.2, 0) is 16.1 Å². The Bertz CT molecular complexity index is 1220. The number of aliphatic carboxylic acids is 2. The Balaban J connectivity index is 1.62. The van der Waals surface area contributed by atoms with Gasteiger partial charge in [0.25, 0.3) is 5.91 Å². The summed E-state index contributed by atoms with van der Waals surface area (Å²) in [5.41, 5.74) is 14.8. The molecule has 1 amide bonds. The van der Waals surface area contributed by atoms with Crippen LogP contribution in [-0.4, -0.2) is 48.6 Å². The van der Waals surface area contributed by atoms with E-state index in [-0.39, 0.29) is 24.4 Å². The molecule has 0 saturated carbocycles. The van der Waals surface area contributed by atoms with Gasteiger partial charge in [-0.1, -0.05) is 18.7 Å². The van der Waals surface area contributed by atoms with E-state index in [0.717, 1.165) is 11.1 Å². The van der Waals surface area contributed by atoms with Gasteiger partial charge >= 0.3 is 11.9 Å². The Morgan fingerprint density at radius 1 is 1.03 bits per heavy atom. The first-order valence-corrected chi connectivity index (χ1v) is 10.1. The molecule has 0 spiro atoms. The average molecular weight is 452 g/mol. The number of nitrogen functional groups attached to an aromatic ring is 2. The van der Waals surface area contributed by atoms with Crippen LogP contribution in [0.2, 0.25) is 0 Å². The minimum atomic E-state index is -1.29. The Morgan fingerprint density at radius 3 is 2.33 bits per heavy atom. The Kier molecular flexibility index (Phi) is 6.91. The highest BCUT2D eigenvalue weighted by Gasteiger charge is 2.21. The number of rotatable bonds is 10. The molecule has 33 heavy (non-hydrogen) atoms. The third-order valence-corrected chi connectivity index (χ3v) is 5.11. The van der Waals surface area contributed by atoms with Crippen LogP contribution >= 0.6 is 0 Å². The lowest BCUT2D eigenvalue weighted by Gasteiger charge is -2.14. The molecule has 3 rings (SSSR count). The van der Waals surface area contributed by atoms with Gasteiger partial charge in [-0.2, -0.15) is 4.98 Å². The first-order valence-electron chi connectivity index (χ1n) is 10.1. The molecule has 0 radical (unpaired) electrons. The van der Waals surface area contributed by atoms with Crippen molar-refractivity contribution in [1.82, 2.24) is 19.9 Å². The first kappa shape index (κ1) is 23.3. The number of nitrogens with zero attached hydrogens (tertiary/aromatic N) is 3. The maximum Gasteiger partial charge on any atom is 0.326 e. The molecule has 0 unspecified atom stereocenters. The molecule has 0 aliphatic carbocycles. The zero-order chi connectivity index (χ0) is 24.1. The van der Waals surface area contributed by atoms with Gasteiger partial charge < -0.3 is 31.6 Å². The predicted molar refractivity (Wildman–Crippen MR) is 122 cm³/mol. The van der Waals surface area contributed by atoms with Crippen molar-refractivity contribution >= 4 is 46.2 Å². The summed E-state index contributed by atoms with van der Waals surface area (Å²) in [5.74, 6) is -2.61. The second-order valence-corrected chi connectivity index (χ2v) is 7.44. The summed E-state index contributed by atoms with van der Waals surface area (Å²) in [6.07, 6.45) is 1.87. The largest absolute Gasteiger partial charge is 0.481 e. The van der Waals surface area contributed by atoms with Crippen molar-refractivity contribution in [2.75, 3.05) is 11.5 Å². The molecule has 2 heterocycles. The smallest absolute Gasteiger partial charge is 0.326 e. The number of aromatic nitrogens is 3. The zero-order valence-corrected chi connectivity index (χ0v) is 17.7. The summed E-state index contributed by atoms with van der Waals surface area (Å²) < 4.78 is 1.92. The van der Waals surface area contributed by atoms with Gasteiger partial charge in [0.15, 0.2) is 5.82 Å². The number of hydrogen-bond donors (Lipinski definition) is 5. The molecule has 172 valence electrons. The Labute approximate surface area is 188 Å². The van der Waals surface area contributed by atoms with Gasteiger partial charge in [0, 0.05) is 24.7 Å². The van der Waals surface area contributed by atoms with E-state index in [2.05, 4.69) is 21.9 Å². The lowest BCUT2D eigenvalue weighted by atomic mass is 10.0. The molecule has 3 aromatic rings. The zero-order valence-electron chi connectivity index (χ0n) is 17.7. The number of nitrogens with two attached hydrogens (primary N) is 2. The van der Waals surface area contributed by atoms with E-state index in [4.69, 9.17) is 16.6 Å². The number of anilines is 2. The molecule has 0 aliphatic heterocycles. The standard InChI is InChI=1S/C22H24N6O5/c1-12(8-10-28-11-9-15-18(28)19(23)27-22(24)26-15)13-2-4-14(5-3-13)20(31)25-16(21(32)33)6-7-17(29)30/h2-5,9,11,16H,1,6-8,10H2,(H,25,31)(H,29,30)(H,32,33)(H4,23,24,26,27)/t16-/m0/s1. The van der Waals surface area contributed by atoms with Crippen LogP contribution in [0.3, 0.4) is 0 Å². The summed E-state index contributed by atoms with van der Waals surface area (Å²) in [6, 6.07) is 7.08. The third kappa shape index (κ3) is 5.64. The van der Waals surface area contributed by atoms with Crippen LogP contribution in [0.1, 0.15) is 35.2 Å². The molecular weight excluding hydrogens is 428 g/mol. The molecule has 0 saturated heterocycles. The van der Waals surface area contributed by atoms with Crippen molar-refractivity contribution in [3.63, 3.8) is 0 Å². The fourth-order valence-electron chi connectivity index (χ4n) is 3.36. The number of carboxylic acids is 2. The van der Waals surface area contributed by atoms with Crippen molar-refractivity contribution < 1.29 is 24.6 Å². The van der Waals surface area contributed by atoms with E-state index in [1.165, 1.54) is 0 Å². The number of amides is 1. The monoisotopic (exact) mass is 452 g/mol. The van der Waals surface area contributed by atoms with E-state index in [1.54, 1.807) is 30.3 Å². The Hall–Kier alpha value is -4.41. The fraction of sp³-hybridized carbons (Fsp3) is 0.227. The van der Waals surface area contributed by atoms with Gasteiger partial charge in [0.05, 0.1) is 5.52 Å². The Morgan fingerprint density at radius 2 is 1.70 bits per heavy atom. The van der Waals surface area contributed by atoms with Gasteiger partial charge in [-0.15, -0.1) is 0 Å². The second kappa shape index (κ2) is 9.81. The molecule has 1 aromatic carbocycles. The molecule has 11 heteroatoms. The van der Waals surface area contributed by atoms with Crippen molar-refractivity contribution in [1.29, 1.82) is 0 Å². The first-order chi connectivity index (χ1) is 15.7. The lowest BCUT2D eigenvalue weighted by Crippen LogP contribution is -2.41. The van der Waals surface area contributed by atoms with E-state index in [0.29, 0.717) is 29.8 Å². The predicted octanol–water partition coefficient (Wildman–Crippen LogP) is 1.75. The van der Waals surface area contributed by atoms with Crippen LogP contribution < -0.4 is 16.8 Å². The minimum Gasteiger partial charge on any atom is -0.481 e. The summed E-state index contributed by atoms with van der Waals surface area (Å²) in [4.78, 5) is 42.5. The normalized spacial score (nSPS) is 11.8.